The first-order valence-corrected chi connectivity index (χ1v) is 6.01. The second-order valence-electron chi connectivity index (χ2n) is 4.02. The summed E-state index contributed by atoms with van der Waals surface area (Å²) in [6.07, 6.45) is 6.17. The van der Waals surface area contributed by atoms with Crippen molar-refractivity contribution in [1.82, 2.24) is 0 Å². The average molecular weight is 228 g/mol. The van der Waals surface area contributed by atoms with Gasteiger partial charge in [0, 0.05) is 12.1 Å². The molecule has 2 heteroatoms. The number of benzene rings is 1. The van der Waals surface area contributed by atoms with Gasteiger partial charge in [0.1, 0.15) is 0 Å². The number of aryl methyl sites for hydroxylation is 1. The van der Waals surface area contributed by atoms with Crippen molar-refractivity contribution in [2.75, 3.05) is 6.61 Å². The fraction of sp³-hybridized carbons (Fsp3) is 0.267. The Balaban J connectivity index is 1.61. The van der Waals surface area contributed by atoms with E-state index in [1.54, 1.807) is 0 Å². The summed E-state index contributed by atoms with van der Waals surface area (Å²) in [5.41, 5.74) is 1.38. The molecule has 2 nitrogen and oxygen atoms in total. The predicted octanol–water partition coefficient (Wildman–Crippen LogP) is 2.58. The molecule has 88 valence electrons. The van der Waals surface area contributed by atoms with Crippen LogP contribution in [0.5, 0.6) is 0 Å². The summed E-state index contributed by atoms with van der Waals surface area (Å²) < 4.78 is 7.63. The smallest absolute Gasteiger partial charge is 0.252 e. The Morgan fingerprint density at radius 3 is 2.35 bits per heavy atom. The summed E-state index contributed by atoms with van der Waals surface area (Å²) in [7, 11) is 0. The van der Waals surface area contributed by atoms with Crippen LogP contribution in [0.1, 0.15) is 12.0 Å². The summed E-state index contributed by atoms with van der Waals surface area (Å²) in [6.45, 7) is 1.44. The molecule has 0 aliphatic heterocycles. The van der Waals surface area contributed by atoms with Crippen LogP contribution in [0, 0.1) is 0 Å². The first-order valence-electron chi connectivity index (χ1n) is 6.01. The molecule has 1 aromatic heterocycles. The van der Waals surface area contributed by atoms with Gasteiger partial charge in [0.2, 0.25) is 0 Å². The highest BCUT2D eigenvalue weighted by molar-refractivity contribution is 5.14. The van der Waals surface area contributed by atoms with Crippen LogP contribution in [0.15, 0.2) is 60.9 Å². The summed E-state index contributed by atoms with van der Waals surface area (Å²) in [5, 5.41) is 0. The van der Waals surface area contributed by atoms with Gasteiger partial charge in [0.05, 0.1) is 6.61 Å². The zero-order valence-electron chi connectivity index (χ0n) is 9.96. The third-order valence-corrected chi connectivity index (χ3v) is 2.61. The topological polar surface area (TPSA) is 13.1 Å². The van der Waals surface area contributed by atoms with Crippen molar-refractivity contribution in [2.24, 2.45) is 0 Å². The molecule has 0 N–H and O–H groups in total. The lowest BCUT2D eigenvalue weighted by molar-refractivity contribution is -0.732. The lowest BCUT2D eigenvalue weighted by atomic mass is 10.1. The van der Waals surface area contributed by atoms with Gasteiger partial charge in [-0.3, -0.25) is 0 Å². The van der Waals surface area contributed by atoms with Gasteiger partial charge in [0.15, 0.2) is 12.4 Å². The van der Waals surface area contributed by atoms with Crippen molar-refractivity contribution in [2.45, 2.75) is 19.6 Å². The normalized spacial score (nSPS) is 10.4. The van der Waals surface area contributed by atoms with Crippen molar-refractivity contribution < 1.29 is 9.30 Å². The Morgan fingerprint density at radius 2 is 1.59 bits per heavy atom. The molecule has 2 rings (SSSR count). The molecule has 2 aromatic rings. The third kappa shape index (κ3) is 4.37. The molecule has 0 aliphatic rings. The number of ether oxygens (including phenoxy) is 1. The second-order valence-corrected chi connectivity index (χ2v) is 4.02. The second kappa shape index (κ2) is 6.81. The van der Waals surface area contributed by atoms with Crippen LogP contribution in [0.4, 0.5) is 0 Å². The van der Waals surface area contributed by atoms with Crippen molar-refractivity contribution in [3.05, 3.63) is 66.5 Å². The zero-order valence-corrected chi connectivity index (χ0v) is 9.96. The molecule has 0 saturated heterocycles. The molecule has 0 bridgehead atoms. The zero-order chi connectivity index (χ0) is 11.8. The van der Waals surface area contributed by atoms with Gasteiger partial charge in [-0.05, 0) is 18.4 Å². The minimum absolute atomic E-state index is 0.635. The molecule has 0 amide bonds. The SMILES string of the molecule is c1ccc(CCCOC[n+]2ccccc2)cc1. The van der Waals surface area contributed by atoms with Crippen molar-refractivity contribution >= 4 is 0 Å². The molecule has 0 fully saturated rings. The van der Waals surface area contributed by atoms with Crippen LogP contribution in [0.3, 0.4) is 0 Å². The van der Waals surface area contributed by atoms with Crippen molar-refractivity contribution in [3.63, 3.8) is 0 Å². The van der Waals surface area contributed by atoms with Gasteiger partial charge in [-0.1, -0.05) is 36.4 Å². The third-order valence-electron chi connectivity index (χ3n) is 2.61. The number of nitrogens with zero attached hydrogens (tertiary/aromatic N) is 1. The molecule has 1 aromatic carbocycles. The van der Waals surface area contributed by atoms with Crippen LogP contribution < -0.4 is 4.57 Å². The molecule has 0 unspecified atom stereocenters. The molecule has 0 aliphatic carbocycles. The van der Waals surface area contributed by atoms with E-state index >= 15 is 0 Å². The summed E-state index contributed by atoms with van der Waals surface area (Å²) >= 11 is 0. The Morgan fingerprint density at radius 1 is 0.882 bits per heavy atom. The fourth-order valence-corrected chi connectivity index (χ4v) is 1.71. The highest BCUT2D eigenvalue weighted by Crippen LogP contribution is 2.02. The van der Waals surface area contributed by atoms with E-state index in [1.807, 2.05) is 41.2 Å². The number of pyridine rings is 1. The summed E-state index contributed by atoms with van der Waals surface area (Å²) in [5.74, 6) is 0. The van der Waals surface area contributed by atoms with Crippen molar-refractivity contribution in [1.29, 1.82) is 0 Å². The van der Waals surface area contributed by atoms with Gasteiger partial charge < -0.3 is 4.74 Å². The van der Waals surface area contributed by atoms with E-state index in [0.29, 0.717) is 6.73 Å². The van der Waals surface area contributed by atoms with Gasteiger partial charge >= 0.3 is 0 Å². The van der Waals surface area contributed by atoms with Crippen LogP contribution in [0.2, 0.25) is 0 Å². The molecule has 0 saturated carbocycles. The molecule has 0 spiro atoms. The molecular weight excluding hydrogens is 210 g/mol. The maximum absolute atomic E-state index is 5.60. The van der Waals surface area contributed by atoms with Crippen LogP contribution in [-0.2, 0) is 17.9 Å². The number of aromatic nitrogens is 1. The molecule has 0 atom stereocenters. The predicted molar refractivity (Wildman–Crippen MR) is 67.4 cm³/mol. The maximum Gasteiger partial charge on any atom is 0.252 e. The highest BCUT2D eigenvalue weighted by atomic mass is 16.5. The Labute approximate surface area is 102 Å². The largest absolute Gasteiger partial charge is 0.323 e. The average Bonchev–Trinajstić information content (AvgIpc) is 2.41. The van der Waals surface area contributed by atoms with E-state index in [0.717, 1.165) is 19.4 Å². The first-order chi connectivity index (χ1) is 8.45. The van der Waals surface area contributed by atoms with E-state index in [9.17, 15) is 0 Å². The molecule has 0 radical (unpaired) electrons. The number of hydrogen-bond donors (Lipinski definition) is 0. The lowest BCUT2D eigenvalue weighted by Crippen LogP contribution is -2.33. The standard InChI is InChI=1S/C15H18NO/c1-3-8-15(9-4-1)10-7-13-17-14-16-11-5-2-6-12-16/h1-6,8-9,11-12H,7,10,13-14H2/q+1. The fourth-order valence-electron chi connectivity index (χ4n) is 1.71. The summed E-state index contributed by atoms with van der Waals surface area (Å²) in [4.78, 5) is 0. The minimum atomic E-state index is 0.635. The van der Waals surface area contributed by atoms with Gasteiger partial charge in [0.25, 0.3) is 6.73 Å². The lowest BCUT2D eigenvalue weighted by Gasteiger charge is -2.01. The van der Waals surface area contributed by atoms with Crippen molar-refractivity contribution in [3.8, 4) is 0 Å². The Bertz CT molecular complexity index is 372. The van der Waals surface area contributed by atoms with Crippen LogP contribution in [0.25, 0.3) is 0 Å². The first kappa shape index (κ1) is 11.8. The molecular formula is C15H18NO+. The molecule has 17 heavy (non-hydrogen) atoms. The Hall–Kier alpha value is -1.67. The Kier molecular flexibility index (Phi) is 4.73. The number of hydrogen-bond acceptors (Lipinski definition) is 1. The van der Waals surface area contributed by atoms with E-state index in [-0.39, 0.29) is 0 Å². The molecule has 1 heterocycles. The highest BCUT2D eigenvalue weighted by Gasteiger charge is 1.97. The minimum Gasteiger partial charge on any atom is -0.323 e. The van der Waals surface area contributed by atoms with E-state index in [4.69, 9.17) is 4.74 Å². The van der Waals surface area contributed by atoms with E-state index in [2.05, 4.69) is 24.3 Å². The summed E-state index contributed by atoms with van der Waals surface area (Å²) in [6, 6.07) is 16.5. The van der Waals surface area contributed by atoms with E-state index in [1.165, 1.54) is 5.56 Å². The van der Waals surface area contributed by atoms with Crippen LogP contribution in [-0.4, -0.2) is 6.61 Å². The van der Waals surface area contributed by atoms with Gasteiger partial charge in [-0.2, -0.15) is 4.57 Å². The monoisotopic (exact) mass is 228 g/mol. The van der Waals surface area contributed by atoms with Gasteiger partial charge in [-0.15, -0.1) is 0 Å². The quantitative estimate of drug-likeness (QED) is 0.547. The van der Waals surface area contributed by atoms with E-state index < -0.39 is 0 Å². The van der Waals surface area contributed by atoms with Gasteiger partial charge in [-0.25, -0.2) is 0 Å². The maximum atomic E-state index is 5.60. The number of rotatable bonds is 6. The van der Waals surface area contributed by atoms with Crippen LogP contribution >= 0.6 is 0 Å².